The number of para-hydroxylation sites is 1. The molecule has 28 heavy (non-hydrogen) atoms. The fourth-order valence-corrected chi connectivity index (χ4v) is 5.82. The molecule has 5 heteroatoms. The molecule has 2 aromatic rings. The summed E-state index contributed by atoms with van der Waals surface area (Å²) in [5, 5.41) is 2.16. The van der Waals surface area contributed by atoms with Crippen molar-refractivity contribution >= 4 is 22.9 Å². The predicted octanol–water partition coefficient (Wildman–Crippen LogP) is 3.70. The second kappa shape index (κ2) is 7.53. The summed E-state index contributed by atoms with van der Waals surface area (Å²) < 4.78 is 0. The number of piperidine rings is 1. The molecule has 1 atom stereocenters. The summed E-state index contributed by atoms with van der Waals surface area (Å²) in [5.41, 5.74) is 1.59. The fourth-order valence-electron chi connectivity index (χ4n) is 5.07. The predicted molar refractivity (Wildman–Crippen MR) is 115 cm³/mol. The second-order valence-corrected chi connectivity index (χ2v) is 9.65. The Morgan fingerprint density at radius 3 is 2.39 bits per heavy atom. The van der Waals surface area contributed by atoms with Crippen LogP contribution < -0.4 is 4.90 Å². The molecule has 2 saturated heterocycles. The minimum absolute atomic E-state index is 0.291. The lowest BCUT2D eigenvalue weighted by atomic mass is 9.90. The van der Waals surface area contributed by atoms with Crippen molar-refractivity contribution in [3.05, 3.63) is 52.7 Å². The van der Waals surface area contributed by atoms with E-state index in [2.05, 4.69) is 62.5 Å². The van der Waals surface area contributed by atoms with Gasteiger partial charge in [0, 0.05) is 49.2 Å². The first-order valence-corrected chi connectivity index (χ1v) is 11.5. The van der Waals surface area contributed by atoms with Crippen molar-refractivity contribution in [3.8, 4) is 0 Å². The summed E-state index contributed by atoms with van der Waals surface area (Å²) in [6, 6.07) is 14.9. The van der Waals surface area contributed by atoms with Crippen molar-refractivity contribution in [1.29, 1.82) is 0 Å². The number of carbonyl (C=O) groups is 1. The van der Waals surface area contributed by atoms with E-state index in [1.165, 1.54) is 23.4 Å². The van der Waals surface area contributed by atoms with Crippen molar-refractivity contribution < 1.29 is 4.79 Å². The highest BCUT2D eigenvalue weighted by atomic mass is 32.1. The molecule has 3 fully saturated rings. The average Bonchev–Trinajstić information content (AvgIpc) is 3.19. The Bertz CT molecular complexity index is 791. The van der Waals surface area contributed by atoms with Crippen LogP contribution in [0.4, 0.5) is 5.69 Å². The minimum atomic E-state index is 0.291. The molecule has 1 aromatic carbocycles. The number of anilines is 1. The number of thiophene rings is 1. The van der Waals surface area contributed by atoms with Crippen molar-refractivity contribution in [2.45, 2.75) is 25.8 Å². The summed E-state index contributed by atoms with van der Waals surface area (Å²) >= 11 is 1.85. The maximum atomic E-state index is 13.1. The van der Waals surface area contributed by atoms with Crippen molar-refractivity contribution in [1.82, 2.24) is 9.80 Å². The van der Waals surface area contributed by atoms with E-state index in [9.17, 15) is 4.79 Å². The quantitative estimate of drug-likeness (QED) is 0.790. The Balaban J connectivity index is 1.11. The zero-order valence-electron chi connectivity index (χ0n) is 16.4. The third kappa shape index (κ3) is 3.58. The number of hydrogen-bond acceptors (Lipinski definition) is 4. The van der Waals surface area contributed by atoms with Gasteiger partial charge < -0.3 is 9.80 Å². The summed E-state index contributed by atoms with van der Waals surface area (Å²) in [6.07, 6.45) is 3.51. The van der Waals surface area contributed by atoms with Gasteiger partial charge in [0.1, 0.15) is 0 Å². The van der Waals surface area contributed by atoms with Gasteiger partial charge in [0.2, 0.25) is 5.91 Å². The van der Waals surface area contributed by atoms with E-state index in [0.29, 0.717) is 17.2 Å². The maximum Gasteiger partial charge on any atom is 0.226 e. The molecular formula is C23H29N3OS. The van der Waals surface area contributed by atoms with Crippen LogP contribution >= 0.6 is 11.3 Å². The largest absolute Gasteiger partial charge is 0.368 e. The molecule has 1 unspecified atom stereocenters. The Hall–Kier alpha value is -1.85. The van der Waals surface area contributed by atoms with Gasteiger partial charge in [-0.1, -0.05) is 24.3 Å². The van der Waals surface area contributed by atoms with Crippen LogP contribution in [0.1, 0.15) is 24.1 Å². The fraction of sp³-hybridized carbons (Fsp3) is 0.522. The molecular weight excluding hydrogens is 366 g/mol. The number of hydrogen-bond donors (Lipinski definition) is 0. The van der Waals surface area contributed by atoms with Crippen LogP contribution in [0.25, 0.3) is 0 Å². The molecule has 1 aromatic heterocycles. The maximum absolute atomic E-state index is 13.1. The average molecular weight is 396 g/mol. The zero-order valence-corrected chi connectivity index (χ0v) is 17.2. The number of benzene rings is 1. The van der Waals surface area contributed by atoms with Crippen molar-refractivity contribution in [3.63, 3.8) is 0 Å². The lowest BCUT2D eigenvalue weighted by Crippen LogP contribution is -2.50. The first-order chi connectivity index (χ1) is 13.7. The normalized spacial score (nSPS) is 24.5. The molecule has 1 aliphatic carbocycles. The molecule has 148 valence electrons. The van der Waals surface area contributed by atoms with Gasteiger partial charge in [-0.05, 0) is 61.3 Å². The number of nitrogens with zero attached hydrogens (tertiary/aromatic N) is 3. The highest BCUT2D eigenvalue weighted by Gasteiger charge is 2.59. The molecule has 1 saturated carbocycles. The molecule has 0 radical (unpaired) electrons. The van der Waals surface area contributed by atoms with E-state index in [4.69, 9.17) is 0 Å². The van der Waals surface area contributed by atoms with Gasteiger partial charge in [-0.25, -0.2) is 0 Å². The van der Waals surface area contributed by atoms with E-state index in [0.717, 1.165) is 52.2 Å². The van der Waals surface area contributed by atoms with Crippen LogP contribution in [0.2, 0.25) is 0 Å². The molecule has 3 aliphatic rings. The third-order valence-corrected chi connectivity index (χ3v) is 7.87. The van der Waals surface area contributed by atoms with Gasteiger partial charge in [-0.3, -0.25) is 9.69 Å². The van der Waals surface area contributed by atoms with E-state index < -0.39 is 0 Å². The lowest BCUT2D eigenvalue weighted by Gasteiger charge is -2.37. The number of piperazine rings is 1. The van der Waals surface area contributed by atoms with Crippen LogP contribution in [0, 0.1) is 11.3 Å². The van der Waals surface area contributed by atoms with Gasteiger partial charge >= 0.3 is 0 Å². The van der Waals surface area contributed by atoms with Crippen LogP contribution in [-0.2, 0) is 11.3 Å². The van der Waals surface area contributed by atoms with Gasteiger partial charge in [-0.15, -0.1) is 11.3 Å². The molecule has 2 aliphatic heterocycles. The Labute approximate surface area is 171 Å². The summed E-state index contributed by atoms with van der Waals surface area (Å²) in [4.78, 5) is 21.7. The first-order valence-electron chi connectivity index (χ1n) is 10.6. The molecule has 1 amide bonds. The summed E-state index contributed by atoms with van der Waals surface area (Å²) in [6.45, 7) is 6.99. The number of amides is 1. The molecule has 5 rings (SSSR count). The number of likely N-dealkylation sites (tertiary alicyclic amines) is 1. The smallest absolute Gasteiger partial charge is 0.226 e. The Morgan fingerprint density at radius 2 is 1.71 bits per heavy atom. The molecule has 1 spiro atoms. The lowest BCUT2D eigenvalue weighted by molar-refractivity contribution is -0.134. The van der Waals surface area contributed by atoms with E-state index in [1.54, 1.807) is 0 Å². The molecule has 0 N–H and O–H groups in total. The topological polar surface area (TPSA) is 26.8 Å². The van der Waals surface area contributed by atoms with E-state index >= 15 is 0 Å². The number of carbonyl (C=O) groups excluding carboxylic acids is 1. The van der Waals surface area contributed by atoms with Crippen LogP contribution in [0.3, 0.4) is 0 Å². The Kier molecular flexibility index (Phi) is 4.89. The third-order valence-electron chi connectivity index (χ3n) is 7.01. The molecule has 0 bridgehead atoms. The van der Waals surface area contributed by atoms with Crippen molar-refractivity contribution in [2.75, 3.05) is 44.2 Å². The highest BCUT2D eigenvalue weighted by molar-refractivity contribution is 7.09. The SMILES string of the molecule is O=C(C1CC12CCN(Cc1cccs1)CC2)N1CCN(c2ccccc2)CC1. The number of rotatable bonds is 4. The van der Waals surface area contributed by atoms with Crippen LogP contribution in [-0.4, -0.2) is 55.0 Å². The standard InChI is InChI=1S/C23H29N3OS/c27-22(26-14-12-25(13-15-26)19-5-2-1-3-6-19)21-17-23(21)8-10-24(11-9-23)18-20-7-4-16-28-20/h1-7,16,21H,8-15,17-18H2. The van der Waals surface area contributed by atoms with Crippen LogP contribution in [0.15, 0.2) is 47.8 Å². The second-order valence-electron chi connectivity index (χ2n) is 8.62. The van der Waals surface area contributed by atoms with Gasteiger partial charge in [0.15, 0.2) is 0 Å². The minimum Gasteiger partial charge on any atom is -0.368 e. The van der Waals surface area contributed by atoms with Crippen LogP contribution in [0.5, 0.6) is 0 Å². The summed E-state index contributed by atoms with van der Waals surface area (Å²) in [7, 11) is 0. The zero-order chi connectivity index (χ0) is 19.0. The monoisotopic (exact) mass is 395 g/mol. The Morgan fingerprint density at radius 1 is 0.964 bits per heavy atom. The molecule has 4 nitrogen and oxygen atoms in total. The van der Waals surface area contributed by atoms with Gasteiger partial charge in [0.05, 0.1) is 0 Å². The van der Waals surface area contributed by atoms with Gasteiger partial charge in [0.25, 0.3) is 0 Å². The van der Waals surface area contributed by atoms with E-state index in [-0.39, 0.29) is 0 Å². The van der Waals surface area contributed by atoms with Crippen molar-refractivity contribution in [2.24, 2.45) is 11.3 Å². The summed E-state index contributed by atoms with van der Waals surface area (Å²) in [5.74, 6) is 0.721. The highest BCUT2D eigenvalue weighted by Crippen LogP contribution is 2.60. The first kappa shape index (κ1) is 18.2. The molecule has 3 heterocycles. The van der Waals surface area contributed by atoms with Gasteiger partial charge in [-0.2, -0.15) is 0 Å². The van der Waals surface area contributed by atoms with E-state index in [1.807, 2.05) is 11.3 Å².